The molecule has 2 rings (SSSR count). The molecule has 0 aliphatic heterocycles. The predicted octanol–water partition coefficient (Wildman–Crippen LogP) is 1.49. The molecule has 2 amide bonds. The maximum atomic E-state index is 12.1. The molecule has 116 valence electrons. The number of nitrogens with one attached hydrogen (secondary N) is 2. The second-order valence-corrected chi connectivity index (χ2v) is 5.35. The first-order valence-electron chi connectivity index (χ1n) is 6.54. The van der Waals surface area contributed by atoms with Crippen LogP contribution in [-0.2, 0) is 4.79 Å². The van der Waals surface area contributed by atoms with Crippen LogP contribution in [0.25, 0.3) is 0 Å². The lowest BCUT2D eigenvalue weighted by Crippen LogP contribution is -2.46. The lowest BCUT2D eigenvalue weighted by molar-refractivity contribution is -0.118. The molecule has 3 N–H and O–H groups in total. The van der Waals surface area contributed by atoms with Crippen molar-refractivity contribution in [2.75, 3.05) is 19.0 Å². The third kappa shape index (κ3) is 4.06. The van der Waals surface area contributed by atoms with E-state index >= 15 is 0 Å². The van der Waals surface area contributed by atoms with E-state index in [0.717, 1.165) is 0 Å². The molecule has 0 fully saturated rings. The molecular weight excluding hydrogens is 304 g/mol. The molecule has 7 heteroatoms. The number of aliphatic hydroxyl groups excluding tert-OH is 1. The summed E-state index contributed by atoms with van der Waals surface area (Å²) in [5.74, 6) is -0.295. The fourth-order valence-electron chi connectivity index (χ4n) is 1.76. The highest BCUT2D eigenvalue weighted by Gasteiger charge is 2.21. The van der Waals surface area contributed by atoms with Crippen molar-refractivity contribution >= 4 is 28.8 Å². The fraction of sp³-hybridized carbons (Fsp3) is 0.200. The molecule has 1 heterocycles. The fourth-order valence-corrected chi connectivity index (χ4v) is 2.39. The van der Waals surface area contributed by atoms with Crippen molar-refractivity contribution in [2.24, 2.45) is 0 Å². The Kier molecular flexibility index (Phi) is 5.51. The van der Waals surface area contributed by atoms with Crippen LogP contribution in [0.4, 0.5) is 5.69 Å². The Morgan fingerprint density at radius 2 is 2.14 bits per heavy atom. The standard InChI is InChI=1S/C15H16N2O4S/c1-21-11-5-2-4-10(8-11)16-14(19)12(9-18)17-15(20)13-6-3-7-22-13/h2-8,12,18H,9H2,1H3,(H,16,19)(H,17,20). The SMILES string of the molecule is COc1cccc(NC(=O)C(CO)NC(=O)c2cccs2)c1. The molecule has 0 radical (unpaired) electrons. The van der Waals surface area contributed by atoms with Gasteiger partial charge in [0.25, 0.3) is 5.91 Å². The van der Waals surface area contributed by atoms with Crippen LogP contribution < -0.4 is 15.4 Å². The Morgan fingerprint density at radius 1 is 1.32 bits per heavy atom. The minimum atomic E-state index is -1.03. The van der Waals surface area contributed by atoms with Crippen LogP contribution in [0, 0.1) is 0 Å². The van der Waals surface area contributed by atoms with Crippen molar-refractivity contribution in [3.8, 4) is 5.75 Å². The highest BCUT2D eigenvalue weighted by molar-refractivity contribution is 7.12. The van der Waals surface area contributed by atoms with E-state index in [2.05, 4.69) is 10.6 Å². The van der Waals surface area contributed by atoms with Gasteiger partial charge in [0.1, 0.15) is 11.8 Å². The molecule has 6 nitrogen and oxygen atoms in total. The Bertz CT molecular complexity index is 643. The summed E-state index contributed by atoms with van der Waals surface area (Å²) in [4.78, 5) is 24.5. The molecule has 1 aromatic heterocycles. The van der Waals surface area contributed by atoms with Crippen LogP contribution in [-0.4, -0.2) is 36.7 Å². The molecule has 0 saturated carbocycles. The molecule has 0 aliphatic rings. The van der Waals surface area contributed by atoms with E-state index in [9.17, 15) is 14.7 Å². The van der Waals surface area contributed by atoms with Gasteiger partial charge in [0, 0.05) is 11.8 Å². The summed E-state index contributed by atoms with van der Waals surface area (Å²) in [6.45, 7) is -0.493. The maximum absolute atomic E-state index is 12.1. The molecular formula is C15H16N2O4S. The first-order valence-corrected chi connectivity index (χ1v) is 7.42. The first kappa shape index (κ1) is 16.0. The van der Waals surface area contributed by atoms with E-state index < -0.39 is 24.5 Å². The van der Waals surface area contributed by atoms with Crippen molar-refractivity contribution in [3.63, 3.8) is 0 Å². The Hall–Kier alpha value is -2.38. The number of carbonyl (C=O) groups excluding carboxylic acids is 2. The molecule has 0 aliphatic carbocycles. The third-order valence-electron chi connectivity index (χ3n) is 2.89. The van der Waals surface area contributed by atoms with Crippen LogP contribution in [0.2, 0.25) is 0 Å². The zero-order valence-electron chi connectivity index (χ0n) is 11.9. The summed E-state index contributed by atoms with van der Waals surface area (Å²) in [6, 6.07) is 9.17. The van der Waals surface area contributed by atoms with Gasteiger partial charge >= 0.3 is 0 Å². The van der Waals surface area contributed by atoms with Crippen molar-refractivity contribution in [1.82, 2.24) is 5.32 Å². The largest absolute Gasteiger partial charge is 0.497 e. The molecule has 0 bridgehead atoms. The minimum Gasteiger partial charge on any atom is -0.497 e. The van der Waals surface area contributed by atoms with Gasteiger partial charge in [0.05, 0.1) is 18.6 Å². The molecule has 22 heavy (non-hydrogen) atoms. The number of hydrogen-bond donors (Lipinski definition) is 3. The number of carbonyl (C=O) groups is 2. The Morgan fingerprint density at radius 3 is 2.77 bits per heavy atom. The van der Waals surface area contributed by atoms with Crippen LogP contribution in [0.3, 0.4) is 0 Å². The van der Waals surface area contributed by atoms with Crippen LogP contribution in [0.15, 0.2) is 41.8 Å². The van der Waals surface area contributed by atoms with Gasteiger partial charge in [-0.2, -0.15) is 0 Å². The van der Waals surface area contributed by atoms with E-state index in [-0.39, 0.29) is 0 Å². The molecule has 1 unspecified atom stereocenters. The van der Waals surface area contributed by atoms with E-state index in [1.165, 1.54) is 18.4 Å². The number of hydrogen-bond acceptors (Lipinski definition) is 5. The predicted molar refractivity (Wildman–Crippen MR) is 84.3 cm³/mol. The lowest BCUT2D eigenvalue weighted by Gasteiger charge is -2.16. The van der Waals surface area contributed by atoms with Crippen molar-refractivity contribution < 1.29 is 19.4 Å². The van der Waals surface area contributed by atoms with Gasteiger partial charge in [-0.25, -0.2) is 0 Å². The van der Waals surface area contributed by atoms with Crippen LogP contribution in [0.5, 0.6) is 5.75 Å². The zero-order chi connectivity index (χ0) is 15.9. The molecule has 0 saturated heterocycles. The average Bonchev–Trinajstić information content (AvgIpc) is 3.07. The summed E-state index contributed by atoms with van der Waals surface area (Å²) in [5.41, 5.74) is 0.521. The number of methoxy groups -OCH3 is 1. The minimum absolute atomic E-state index is 0.394. The Balaban J connectivity index is 2.00. The average molecular weight is 320 g/mol. The Labute approximate surface area is 131 Å². The van der Waals surface area contributed by atoms with Gasteiger partial charge in [0.15, 0.2) is 0 Å². The highest BCUT2D eigenvalue weighted by Crippen LogP contribution is 2.17. The summed E-state index contributed by atoms with van der Waals surface area (Å²) < 4.78 is 5.07. The summed E-state index contributed by atoms with van der Waals surface area (Å²) >= 11 is 1.26. The highest BCUT2D eigenvalue weighted by atomic mass is 32.1. The summed E-state index contributed by atoms with van der Waals surface area (Å²) in [6.07, 6.45) is 0. The monoisotopic (exact) mass is 320 g/mol. The zero-order valence-corrected chi connectivity index (χ0v) is 12.7. The summed E-state index contributed by atoms with van der Waals surface area (Å²) in [7, 11) is 1.53. The number of thiophene rings is 1. The van der Waals surface area contributed by atoms with Gasteiger partial charge in [-0.05, 0) is 23.6 Å². The number of ether oxygens (including phenoxy) is 1. The van der Waals surface area contributed by atoms with Gasteiger partial charge in [0.2, 0.25) is 5.91 Å². The topological polar surface area (TPSA) is 87.7 Å². The maximum Gasteiger partial charge on any atom is 0.262 e. The van der Waals surface area contributed by atoms with E-state index in [0.29, 0.717) is 16.3 Å². The normalized spacial score (nSPS) is 11.5. The number of anilines is 1. The second-order valence-electron chi connectivity index (χ2n) is 4.41. The third-order valence-corrected chi connectivity index (χ3v) is 3.76. The molecule has 1 atom stereocenters. The number of aliphatic hydroxyl groups is 1. The van der Waals surface area contributed by atoms with Crippen LogP contribution in [0.1, 0.15) is 9.67 Å². The van der Waals surface area contributed by atoms with E-state index in [1.807, 2.05) is 0 Å². The van der Waals surface area contributed by atoms with Gasteiger partial charge in [-0.1, -0.05) is 12.1 Å². The van der Waals surface area contributed by atoms with Crippen molar-refractivity contribution in [3.05, 3.63) is 46.7 Å². The molecule has 2 aromatic rings. The van der Waals surface area contributed by atoms with Gasteiger partial charge < -0.3 is 20.5 Å². The number of rotatable bonds is 6. The van der Waals surface area contributed by atoms with Crippen molar-refractivity contribution in [1.29, 1.82) is 0 Å². The summed E-state index contributed by atoms with van der Waals surface area (Å²) in [5, 5.41) is 16.2. The van der Waals surface area contributed by atoms with E-state index in [1.54, 1.807) is 41.8 Å². The molecule has 0 spiro atoms. The van der Waals surface area contributed by atoms with Gasteiger partial charge in [-0.3, -0.25) is 9.59 Å². The quantitative estimate of drug-likeness (QED) is 0.752. The number of amides is 2. The van der Waals surface area contributed by atoms with Crippen LogP contribution >= 0.6 is 11.3 Å². The second kappa shape index (κ2) is 7.58. The lowest BCUT2D eigenvalue weighted by atomic mass is 10.2. The number of benzene rings is 1. The van der Waals surface area contributed by atoms with Crippen molar-refractivity contribution in [2.45, 2.75) is 6.04 Å². The van der Waals surface area contributed by atoms with E-state index in [4.69, 9.17) is 4.74 Å². The molecule has 1 aromatic carbocycles. The van der Waals surface area contributed by atoms with Gasteiger partial charge in [-0.15, -0.1) is 11.3 Å². The smallest absolute Gasteiger partial charge is 0.262 e. The first-order chi connectivity index (χ1) is 10.6.